The lowest BCUT2D eigenvalue weighted by Gasteiger charge is -2.26. The van der Waals surface area contributed by atoms with E-state index < -0.39 is 5.41 Å². The first kappa shape index (κ1) is 29.4. The predicted octanol–water partition coefficient (Wildman–Crippen LogP) is 9.00. The van der Waals surface area contributed by atoms with Crippen molar-refractivity contribution in [1.29, 1.82) is 0 Å². The zero-order valence-corrected chi connectivity index (χ0v) is 28.2. The SMILES string of the molecule is CC(C)(c1cccc(-n2ccc(N3c4ccccc4C4C=CC=CC43)n2)n1)c1cccc(-n2ccc(-n3c4ccccc4c4ccccc43)n2)n1. The molecule has 0 spiro atoms. The van der Waals surface area contributed by atoms with Gasteiger partial charge in [0.25, 0.3) is 0 Å². The summed E-state index contributed by atoms with van der Waals surface area (Å²) in [4.78, 5) is 12.6. The van der Waals surface area contributed by atoms with Crippen molar-refractivity contribution in [2.24, 2.45) is 0 Å². The number of aromatic nitrogens is 7. The lowest BCUT2D eigenvalue weighted by molar-refractivity contribution is 0.588. The van der Waals surface area contributed by atoms with Crippen LogP contribution in [-0.2, 0) is 5.41 Å². The second-order valence-corrected chi connectivity index (χ2v) is 13.7. The summed E-state index contributed by atoms with van der Waals surface area (Å²) in [6, 6.07) is 42.1. The molecule has 1 aliphatic heterocycles. The Balaban J connectivity index is 0.962. The van der Waals surface area contributed by atoms with Crippen LogP contribution in [0, 0.1) is 0 Å². The van der Waals surface area contributed by atoms with Gasteiger partial charge in [-0.2, -0.15) is 0 Å². The highest BCUT2D eigenvalue weighted by Crippen LogP contribution is 2.47. The van der Waals surface area contributed by atoms with Gasteiger partial charge in [-0.25, -0.2) is 19.3 Å². The van der Waals surface area contributed by atoms with Crippen molar-refractivity contribution in [2.45, 2.75) is 31.2 Å². The van der Waals surface area contributed by atoms with Crippen LogP contribution in [0.15, 0.2) is 158 Å². The van der Waals surface area contributed by atoms with E-state index in [-0.39, 0.29) is 6.04 Å². The molecule has 2 aliphatic rings. The summed E-state index contributed by atoms with van der Waals surface area (Å²) in [6.45, 7) is 4.33. The van der Waals surface area contributed by atoms with Crippen LogP contribution in [0.5, 0.6) is 0 Å². The van der Waals surface area contributed by atoms with E-state index in [1.807, 2.05) is 52.1 Å². The quantitative estimate of drug-likeness (QED) is 0.178. The van der Waals surface area contributed by atoms with E-state index in [2.05, 4.69) is 139 Å². The minimum Gasteiger partial charge on any atom is -0.317 e. The topological polar surface area (TPSA) is 69.6 Å². The third kappa shape index (κ3) is 4.60. The van der Waals surface area contributed by atoms with Crippen LogP contribution in [0.25, 0.3) is 39.3 Å². The maximum Gasteiger partial charge on any atom is 0.160 e. The first-order chi connectivity index (χ1) is 25.0. The molecular weight excluding hydrogens is 629 g/mol. The third-order valence-corrected chi connectivity index (χ3v) is 10.4. The van der Waals surface area contributed by atoms with Crippen molar-refractivity contribution in [3.63, 3.8) is 0 Å². The van der Waals surface area contributed by atoms with Crippen molar-refractivity contribution < 1.29 is 0 Å². The van der Waals surface area contributed by atoms with Gasteiger partial charge in [0.1, 0.15) is 0 Å². The van der Waals surface area contributed by atoms with Crippen LogP contribution in [-0.4, -0.2) is 40.1 Å². The number of nitrogens with zero attached hydrogens (tertiary/aromatic N) is 8. The lowest BCUT2D eigenvalue weighted by atomic mass is 9.84. The Morgan fingerprint density at radius 3 is 1.78 bits per heavy atom. The molecule has 0 bridgehead atoms. The molecule has 3 aromatic carbocycles. The number of fused-ring (bicyclic) bond motifs is 6. The molecule has 246 valence electrons. The van der Waals surface area contributed by atoms with Crippen LogP contribution in [0.1, 0.15) is 36.7 Å². The second-order valence-electron chi connectivity index (χ2n) is 13.7. The smallest absolute Gasteiger partial charge is 0.160 e. The van der Waals surface area contributed by atoms with Crippen molar-refractivity contribution >= 4 is 33.3 Å². The molecule has 0 saturated heterocycles. The van der Waals surface area contributed by atoms with Crippen LogP contribution in [0.2, 0.25) is 0 Å². The summed E-state index contributed by atoms with van der Waals surface area (Å²) in [7, 11) is 0. The molecule has 2 atom stereocenters. The van der Waals surface area contributed by atoms with Gasteiger partial charge < -0.3 is 4.90 Å². The molecule has 51 heavy (non-hydrogen) atoms. The highest BCUT2D eigenvalue weighted by molar-refractivity contribution is 6.09. The first-order valence-electron chi connectivity index (χ1n) is 17.3. The van der Waals surface area contributed by atoms with E-state index in [0.29, 0.717) is 5.92 Å². The molecule has 6 heterocycles. The number of hydrogen-bond donors (Lipinski definition) is 0. The Labute approximate surface area is 295 Å². The van der Waals surface area contributed by atoms with E-state index in [4.69, 9.17) is 20.2 Å². The minimum atomic E-state index is -0.495. The average Bonchev–Trinajstić information content (AvgIpc) is 3.98. The second kappa shape index (κ2) is 11.2. The average molecular weight is 663 g/mol. The van der Waals surface area contributed by atoms with Crippen molar-refractivity contribution in [2.75, 3.05) is 4.90 Å². The van der Waals surface area contributed by atoms with E-state index in [1.165, 1.54) is 22.0 Å². The normalized spacial score (nSPS) is 16.6. The fraction of sp³-hybridized carbons (Fsp3) is 0.116. The molecule has 8 heteroatoms. The molecule has 0 saturated carbocycles. The number of para-hydroxylation sites is 3. The third-order valence-electron chi connectivity index (χ3n) is 10.4. The van der Waals surface area contributed by atoms with Crippen LogP contribution in [0.3, 0.4) is 0 Å². The summed E-state index contributed by atoms with van der Waals surface area (Å²) in [5.41, 5.74) is 6.08. The van der Waals surface area contributed by atoms with E-state index >= 15 is 0 Å². The Morgan fingerprint density at radius 2 is 1.10 bits per heavy atom. The Hall–Kier alpha value is -6.54. The van der Waals surface area contributed by atoms with Gasteiger partial charge in [0.15, 0.2) is 23.3 Å². The number of rotatable bonds is 6. The molecule has 0 N–H and O–H groups in total. The maximum absolute atomic E-state index is 5.15. The number of allylic oxidation sites excluding steroid dienone is 2. The summed E-state index contributed by atoms with van der Waals surface area (Å²) < 4.78 is 5.94. The van der Waals surface area contributed by atoms with Gasteiger partial charge in [-0.1, -0.05) is 91.0 Å². The van der Waals surface area contributed by atoms with Gasteiger partial charge >= 0.3 is 0 Å². The van der Waals surface area contributed by atoms with Gasteiger partial charge in [-0.3, -0.25) is 4.57 Å². The lowest BCUT2D eigenvalue weighted by Crippen LogP contribution is -2.29. The Kier molecular flexibility index (Phi) is 6.48. The van der Waals surface area contributed by atoms with Gasteiger partial charge in [0, 0.05) is 52.3 Å². The molecule has 5 aromatic heterocycles. The Bertz CT molecular complexity index is 2620. The van der Waals surface area contributed by atoms with Crippen LogP contribution in [0.4, 0.5) is 11.5 Å². The molecular formula is C43H34N8. The van der Waals surface area contributed by atoms with Crippen molar-refractivity contribution in [1.82, 2.24) is 34.1 Å². The highest BCUT2D eigenvalue weighted by atomic mass is 15.4. The minimum absolute atomic E-state index is 0.195. The van der Waals surface area contributed by atoms with E-state index in [9.17, 15) is 0 Å². The summed E-state index contributed by atoms with van der Waals surface area (Å²) in [6.07, 6.45) is 12.8. The van der Waals surface area contributed by atoms with Crippen molar-refractivity contribution in [3.8, 4) is 17.5 Å². The van der Waals surface area contributed by atoms with Gasteiger partial charge in [0.05, 0.1) is 28.5 Å². The van der Waals surface area contributed by atoms with Crippen LogP contribution >= 0.6 is 0 Å². The fourth-order valence-corrected chi connectivity index (χ4v) is 7.79. The first-order valence-corrected chi connectivity index (χ1v) is 17.3. The van der Waals surface area contributed by atoms with Gasteiger partial charge in [-0.05, 0) is 61.9 Å². The van der Waals surface area contributed by atoms with Crippen LogP contribution < -0.4 is 4.90 Å². The van der Waals surface area contributed by atoms with E-state index in [0.717, 1.165) is 45.7 Å². The molecule has 0 amide bonds. The maximum atomic E-state index is 5.15. The van der Waals surface area contributed by atoms with E-state index in [1.54, 1.807) is 0 Å². The molecule has 2 unspecified atom stereocenters. The molecule has 10 rings (SSSR count). The molecule has 8 aromatic rings. The Morgan fingerprint density at radius 1 is 0.529 bits per heavy atom. The summed E-state index contributed by atoms with van der Waals surface area (Å²) in [5.74, 6) is 3.56. The predicted molar refractivity (Wildman–Crippen MR) is 203 cm³/mol. The summed E-state index contributed by atoms with van der Waals surface area (Å²) >= 11 is 0. The molecule has 0 fully saturated rings. The van der Waals surface area contributed by atoms with Gasteiger partial charge in [-0.15, -0.1) is 10.2 Å². The zero-order chi connectivity index (χ0) is 34.1. The number of hydrogen-bond acceptors (Lipinski definition) is 5. The molecule has 1 aliphatic carbocycles. The fourth-order valence-electron chi connectivity index (χ4n) is 7.79. The molecule has 8 nitrogen and oxygen atoms in total. The zero-order valence-electron chi connectivity index (χ0n) is 28.2. The monoisotopic (exact) mass is 662 g/mol. The number of anilines is 2. The van der Waals surface area contributed by atoms with Gasteiger partial charge in [0.2, 0.25) is 0 Å². The highest BCUT2D eigenvalue weighted by Gasteiger charge is 2.38. The van der Waals surface area contributed by atoms with Crippen molar-refractivity contribution in [3.05, 3.63) is 175 Å². The number of pyridine rings is 2. The molecule has 0 radical (unpaired) electrons. The largest absolute Gasteiger partial charge is 0.317 e. The standard InChI is InChI=1S/C43H34N8/c1-43(2,37-21-11-23-39(44-37)48-27-25-41(46-48)50-33-17-7-3-13-29(33)30-14-4-8-18-34(30)50)38-22-12-24-40(45-38)49-28-26-42(47-49)51-35-19-9-5-15-31(35)32-16-6-10-20-36(32)51/h3-29,33H,1-2H3. The number of benzene rings is 3. The summed E-state index contributed by atoms with van der Waals surface area (Å²) in [5, 5.41) is 12.5.